The van der Waals surface area contributed by atoms with Crippen LogP contribution in [0, 0.1) is 6.92 Å². The summed E-state index contributed by atoms with van der Waals surface area (Å²) in [4.78, 5) is 0. The Hall–Kier alpha value is -1.32. The Balaban J connectivity index is 2.16. The Morgan fingerprint density at radius 3 is 2.89 bits per heavy atom. The van der Waals surface area contributed by atoms with Gasteiger partial charge in [0.1, 0.15) is 0 Å². The molecule has 0 saturated carbocycles. The number of aliphatic hydroxyl groups is 1. The van der Waals surface area contributed by atoms with Gasteiger partial charge in [0.05, 0.1) is 12.3 Å². The van der Waals surface area contributed by atoms with E-state index in [1.165, 1.54) is 0 Å². The molecular formula is C14H17ClN2O. The van der Waals surface area contributed by atoms with Crippen LogP contribution in [0.2, 0.25) is 5.02 Å². The van der Waals surface area contributed by atoms with Gasteiger partial charge in [0.2, 0.25) is 0 Å². The van der Waals surface area contributed by atoms with Crippen molar-refractivity contribution < 1.29 is 5.11 Å². The van der Waals surface area contributed by atoms with Gasteiger partial charge in [-0.15, -0.1) is 0 Å². The summed E-state index contributed by atoms with van der Waals surface area (Å²) in [7, 11) is 0. The summed E-state index contributed by atoms with van der Waals surface area (Å²) in [5.74, 6) is 0. The van der Waals surface area contributed by atoms with Gasteiger partial charge in [0.15, 0.2) is 0 Å². The molecule has 0 aliphatic heterocycles. The Morgan fingerprint density at radius 2 is 2.22 bits per heavy atom. The van der Waals surface area contributed by atoms with Crippen LogP contribution in [-0.2, 0) is 13.0 Å². The van der Waals surface area contributed by atoms with Gasteiger partial charge >= 0.3 is 0 Å². The molecule has 0 radical (unpaired) electrons. The van der Waals surface area contributed by atoms with Crippen LogP contribution in [0.5, 0.6) is 0 Å². The monoisotopic (exact) mass is 264 g/mol. The molecule has 0 amide bonds. The molecule has 1 N–H and O–H groups in total. The third-order valence-electron chi connectivity index (χ3n) is 3.11. The number of nitrogens with zero attached hydrogens (tertiary/aromatic N) is 2. The van der Waals surface area contributed by atoms with Crippen molar-refractivity contribution in [3.63, 3.8) is 0 Å². The predicted octanol–water partition coefficient (Wildman–Crippen LogP) is 3.14. The number of aromatic nitrogens is 2. The third-order valence-corrected chi connectivity index (χ3v) is 3.52. The molecule has 4 heteroatoms. The van der Waals surface area contributed by atoms with Crippen LogP contribution in [0.3, 0.4) is 0 Å². The standard InChI is InChI=1S/C14H17ClN2O/c1-3-17-9-11(8-16-17)7-14(18)12-5-4-6-13(15)10(12)2/h4-6,8-9,14,18H,3,7H2,1-2H3. The smallest absolute Gasteiger partial charge is 0.0834 e. The van der Waals surface area contributed by atoms with Crippen LogP contribution in [0.25, 0.3) is 0 Å². The molecule has 1 heterocycles. The molecule has 3 nitrogen and oxygen atoms in total. The minimum Gasteiger partial charge on any atom is -0.388 e. The molecule has 1 aromatic heterocycles. The zero-order valence-corrected chi connectivity index (χ0v) is 11.4. The Bertz CT molecular complexity index is 536. The van der Waals surface area contributed by atoms with Gasteiger partial charge in [-0.05, 0) is 36.6 Å². The van der Waals surface area contributed by atoms with E-state index in [-0.39, 0.29) is 0 Å². The van der Waals surface area contributed by atoms with E-state index in [1.807, 2.05) is 42.9 Å². The van der Waals surface area contributed by atoms with Crippen LogP contribution < -0.4 is 0 Å². The fourth-order valence-corrected chi connectivity index (χ4v) is 2.18. The van der Waals surface area contributed by atoms with Gasteiger partial charge in [-0.1, -0.05) is 23.7 Å². The third kappa shape index (κ3) is 2.74. The summed E-state index contributed by atoms with van der Waals surface area (Å²) in [5, 5.41) is 15.2. The normalized spacial score (nSPS) is 12.7. The van der Waals surface area contributed by atoms with Gasteiger partial charge < -0.3 is 5.11 Å². The van der Waals surface area contributed by atoms with E-state index in [0.717, 1.165) is 23.2 Å². The summed E-state index contributed by atoms with van der Waals surface area (Å²) in [6, 6.07) is 5.61. The molecule has 18 heavy (non-hydrogen) atoms. The summed E-state index contributed by atoms with van der Waals surface area (Å²) in [5.41, 5.74) is 2.85. The van der Waals surface area contributed by atoms with E-state index in [2.05, 4.69) is 5.10 Å². The molecule has 1 unspecified atom stereocenters. The highest BCUT2D eigenvalue weighted by molar-refractivity contribution is 6.31. The van der Waals surface area contributed by atoms with Crippen LogP contribution in [-0.4, -0.2) is 14.9 Å². The molecule has 96 valence electrons. The van der Waals surface area contributed by atoms with Crippen molar-refractivity contribution in [3.05, 3.63) is 52.3 Å². The maximum Gasteiger partial charge on any atom is 0.0834 e. The molecule has 0 aliphatic rings. The first-order valence-electron chi connectivity index (χ1n) is 6.06. The molecule has 0 saturated heterocycles. The quantitative estimate of drug-likeness (QED) is 0.921. The molecule has 2 rings (SSSR count). The molecule has 0 aliphatic carbocycles. The number of hydrogen-bond acceptors (Lipinski definition) is 2. The first-order valence-corrected chi connectivity index (χ1v) is 6.44. The number of benzene rings is 1. The van der Waals surface area contributed by atoms with E-state index in [0.29, 0.717) is 11.4 Å². The van der Waals surface area contributed by atoms with Gasteiger partial charge in [-0.2, -0.15) is 5.10 Å². The maximum absolute atomic E-state index is 10.3. The Labute approximate surface area is 112 Å². The Morgan fingerprint density at radius 1 is 1.44 bits per heavy atom. The van der Waals surface area contributed by atoms with Crippen molar-refractivity contribution in [2.24, 2.45) is 0 Å². The lowest BCUT2D eigenvalue weighted by Crippen LogP contribution is -2.03. The van der Waals surface area contributed by atoms with Gasteiger partial charge in [-0.3, -0.25) is 4.68 Å². The van der Waals surface area contributed by atoms with Gasteiger partial charge in [-0.25, -0.2) is 0 Å². The average Bonchev–Trinajstić information content (AvgIpc) is 2.80. The Kier molecular flexibility index (Phi) is 4.04. The molecule has 1 aromatic carbocycles. The first kappa shape index (κ1) is 13.1. The van der Waals surface area contributed by atoms with E-state index in [4.69, 9.17) is 11.6 Å². The number of aliphatic hydroxyl groups excluding tert-OH is 1. The molecule has 0 fully saturated rings. The van der Waals surface area contributed by atoms with E-state index in [9.17, 15) is 5.11 Å². The summed E-state index contributed by atoms with van der Waals surface area (Å²) in [6.45, 7) is 4.80. The lowest BCUT2D eigenvalue weighted by Gasteiger charge is -2.13. The summed E-state index contributed by atoms with van der Waals surface area (Å²) < 4.78 is 1.85. The molecule has 0 bridgehead atoms. The highest BCUT2D eigenvalue weighted by atomic mass is 35.5. The van der Waals surface area contributed by atoms with Crippen molar-refractivity contribution in [1.29, 1.82) is 0 Å². The van der Waals surface area contributed by atoms with Gasteiger partial charge in [0, 0.05) is 24.2 Å². The molecule has 0 spiro atoms. The minimum absolute atomic E-state index is 0.543. The topological polar surface area (TPSA) is 38.0 Å². The second-order valence-electron chi connectivity index (χ2n) is 4.38. The van der Waals surface area contributed by atoms with Crippen LogP contribution in [0.1, 0.15) is 29.7 Å². The van der Waals surface area contributed by atoms with Crippen molar-refractivity contribution in [3.8, 4) is 0 Å². The fourth-order valence-electron chi connectivity index (χ4n) is 2.00. The van der Waals surface area contributed by atoms with Crippen LogP contribution >= 0.6 is 11.6 Å². The van der Waals surface area contributed by atoms with Crippen molar-refractivity contribution >= 4 is 11.6 Å². The maximum atomic E-state index is 10.3. The lowest BCUT2D eigenvalue weighted by atomic mass is 9.99. The number of aryl methyl sites for hydroxylation is 1. The lowest BCUT2D eigenvalue weighted by molar-refractivity contribution is 0.177. The summed E-state index contributed by atoms with van der Waals surface area (Å²) >= 11 is 6.06. The second-order valence-corrected chi connectivity index (χ2v) is 4.79. The SMILES string of the molecule is CCn1cc(CC(O)c2cccc(Cl)c2C)cn1. The van der Waals surface area contributed by atoms with Gasteiger partial charge in [0.25, 0.3) is 0 Å². The minimum atomic E-state index is -0.543. The van der Waals surface area contributed by atoms with Crippen LogP contribution in [0.4, 0.5) is 0 Å². The largest absolute Gasteiger partial charge is 0.388 e. The number of rotatable bonds is 4. The molecule has 2 aromatic rings. The van der Waals surface area contributed by atoms with Crippen molar-refractivity contribution in [2.45, 2.75) is 32.9 Å². The predicted molar refractivity (Wildman–Crippen MR) is 72.8 cm³/mol. The van der Waals surface area contributed by atoms with Crippen LogP contribution in [0.15, 0.2) is 30.6 Å². The molecule has 1 atom stereocenters. The van der Waals surface area contributed by atoms with Crippen molar-refractivity contribution in [2.75, 3.05) is 0 Å². The van der Waals surface area contributed by atoms with E-state index < -0.39 is 6.10 Å². The summed E-state index contributed by atoms with van der Waals surface area (Å²) in [6.07, 6.45) is 3.77. The first-order chi connectivity index (χ1) is 8.61. The zero-order chi connectivity index (χ0) is 13.1. The highest BCUT2D eigenvalue weighted by Gasteiger charge is 2.13. The molecular weight excluding hydrogens is 248 g/mol. The van der Waals surface area contributed by atoms with E-state index >= 15 is 0 Å². The zero-order valence-electron chi connectivity index (χ0n) is 10.6. The fraction of sp³-hybridized carbons (Fsp3) is 0.357. The highest BCUT2D eigenvalue weighted by Crippen LogP contribution is 2.26. The average molecular weight is 265 g/mol. The van der Waals surface area contributed by atoms with E-state index in [1.54, 1.807) is 6.20 Å². The number of halogens is 1. The second kappa shape index (κ2) is 5.55. The number of hydrogen-bond donors (Lipinski definition) is 1. The van der Waals surface area contributed by atoms with Crippen molar-refractivity contribution in [1.82, 2.24) is 9.78 Å².